The van der Waals surface area contributed by atoms with Gasteiger partial charge in [-0.1, -0.05) is 140 Å². The first-order valence-electron chi connectivity index (χ1n) is 14.6. The first-order chi connectivity index (χ1) is 20.4. The summed E-state index contributed by atoms with van der Waals surface area (Å²) in [4.78, 5) is 0. The molecule has 0 aliphatic carbocycles. The van der Waals surface area contributed by atoms with Crippen LogP contribution in [-0.4, -0.2) is 10.2 Å². The second-order valence-electron chi connectivity index (χ2n) is 11.2. The van der Waals surface area contributed by atoms with Crippen LogP contribution in [0.4, 0.5) is 0 Å². The molecule has 2 N–H and O–H groups in total. The number of benzene rings is 4. The number of halogens is 2. The van der Waals surface area contributed by atoms with Crippen molar-refractivity contribution in [2.45, 2.75) is 79.1 Å². The minimum atomic E-state index is -0.806. The molecule has 0 spiro atoms. The normalized spacial score (nSPS) is 10.1. The molecular weight excluding hydrogens is 743 g/mol. The van der Waals surface area contributed by atoms with Crippen LogP contribution in [0.3, 0.4) is 0 Å². The number of rotatable bonds is 4. The fourth-order valence-corrected chi connectivity index (χ4v) is 4.21. The van der Waals surface area contributed by atoms with Crippen LogP contribution in [-0.2, 0) is 16.5 Å². The summed E-state index contributed by atoms with van der Waals surface area (Å²) in [6.07, 6.45) is 0. The molecule has 230 valence electrons. The summed E-state index contributed by atoms with van der Waals surface area (Å²) in [5.41, 5.74) is 6.29. The van der Waals surface area contributed by atoms with Crippen molar-refractivity contribution in [1.82, 2.24) is 0 Å². The van der Waals surface area contributed by atoms with Gasteiger partial charge in [-0.2, -0.15) is 0 Å². The Hall–Kier alpha value is -2.69. The molecule has 0 saturated heterocycles. The monoisotopic (exact) mass is 788 g/mol. The third-order valence-electron chi connectivity index (χ3n) is 6.58. The van der Waals surface area contributed by atoms with Crippen molar-refractivity contribution in [3.63, 3.8) is 0 Å². The third-order valence-corrected chi connectivity index (χ3v) is 6.58. The summed E-state index contributed by atoms with van der Waals surface area (Å²) >= 11 is -0.806. The Bertz CT molecular complexity index is 1230. The van der Waals surface area contributed by atoms with E-state index in [1.54, 1.807) is 0 Å². The number of para-hydroxylation sites is 2. The van der Waals surface area contributed by atoms with E-state index in [1.807, 2.05) is 97.1 Å². The summed E-state index contributed by atoms with van der Waals surface area (Å²) < 4.78 is 0. The molecule has 4 aromatic rings. The summed E-state index contributed by atoms with van der Waals surface area (Å²) in [6, 6.07) is 32.0. The molecule has 0 aromatic heterocycles. The Balaban J connectivity index is 0.000000308. The Labute approximate surface area is 276 Å². The summed E-state index contributed by atoms with van der Waals surface area (Å²) in [6.45, 7) is 16.8. The van der Waals surface area contributed by atoms with Gasteiger partial charge in [0, 0.05) is 11.1 Å². The van der Waals surface area contributed by atoms with Crippen LogP contribution < -0.4 is 0 Å². The molecule has 0 bridgehead atoms. The molecule has 5 heteroatoms. The van der Waals surface area contributed by atoms with Gasteiger partial charge in [-0.3, -0.25) is 0 Å². The average molecular weight is 790 g/mol. The zero-order valence-electron chi connectivity index (χ0n) is 26.6. The van der Waals surface area contributed by atoms with Crippen molar-refractivity contribution < 1.29 is 26.7 Å². The third kappa shape index (κ3) is 14.1. The van der Waals surface area contributed by atoms with E-state index in [-0.39, 0.29) is 0 Å². The van der Waals surface area contributed by atoms with E-state index in [0.29, 0.717) is 35.2 Å². The van der Waals surface area contributed by atoms with Gasteiger partial charge in [-0.25, -0.2) is 0 Å². The Kier molecular flexibility index (Phi) is 18.8. The second kappa shape index (κ2) is 21.1. The molecule has 4 aromatic carbocycles. The van der Waals surface area contributed by atoms with Crippen LogP contribution in [0.1, 0.15) is 112 Å². The minimum absolute atomic E-state index is 0.388. The molecule has 0 fully saturated rings. The number of hydrogen-bond acceptors (Lipinski definition) is 2. The number of hydrogen-bond donors (Lipinski definition) is 2. The van der Waals surface area contributed by atoms with Crippen LogP contribution in [0.2, 0.25) is 0 Å². The van der Waals surface area contributed by atoms with Crippen LogP contribution in [0, 0.1) is 11.8 Å². The number of aromatic hydroxyl groups is 2. The Morgan fingerprint density at radius 3 is 0.884 bits per heavy atom. The molecule has 0 saturated carbocycles. The molecule has 0 atom stereocenters. The van der Waals surface area contributed by atoms with E-state index >= 15 is 0 Å². The van der Waals surface area contributed by atoms with Crippen molar-refractivity contribution in [2.24, 2.45) is 0 Å². The van der Waals surface area contributed by atoms with Crippen LogP contribution >= 0.6 is 18.8 Å². The molecular formula is C38H46Cl2O2W. The topological polar surface area (TPSA) is 40.5 Å². The molecule has 2 nitrogen and oxygen atoms in total. The zero-order chi connectivity index (χ0) is 32.4. The van der Waals surface area contributed by atoms with Gasteiger partial charge in [-0.05, 0) is 70.2 Å². The van der Waals surface area contributed by atoms with Gasteiger partial charge >= 0.3 is 35.3 Å². The fraction of sp³-hybridized carbons (Fsp3) is 0.316. The quantitative estimate of drug-likeness (QED) is 0.202. The first-order valence-corrected chi connectivity index (χ1v) is 21.9. The van der Waals surface area contributed by atoms with Crippen molar-refractivity contribution in [3.05, 3.63) is 130 Å². The predicted octanol–water partition coefficient (Wildman–Crippen LogP) is 11.7. The van der Waals surface area contributed by atoms with Gasteiger partial charge in [-0.15, -0.1) is 0 Å². The van der Waals surface area contributed by atoms with Gasteiger partial charge in [0.15, 0.2) is 0 Å². The van der Waals surface area contributed by atoms with Gasteiger partial charge < -0.3 is 10.2 Å². The predicted molar refractivity (Wildman–Crippen MR) is 183 cm³/mol. The summed E-state index contributed by atoms with van der Waals surface area (Å²) in [5, 5.41) is 19.9. The van der Waals surface area contributed by atoms with E-state index in [0.717, 1.165) is 33.4 Å². The first kappa shape index (κ1) is 38.3. The molecule has 0 unspecified atom stereocenters. The van der Waals surface area contributed by atoms with Crippen molar-refractivity contribution in [2.75, 3.05) is 0 Å². The maximum absolute atomic E-state index is 9.93. The van der Waals surface area contributed by atoms with Crippen molar-refractivity contribution >= 4 is 18.8 Å². The molecule has 0 heterocycles. The number of phenolic OH excluding ortho intramolecular Hbond substituents is 2. The molecule has 0 aliphatic heterocycles. The fourth-order valence-electron chi connectivity index (χ4n) is 4.21. The van der Waals surface area contributed by atoms with E-state index in [1.165, 1.54) is 0 Å². The Morgan fingerprint density at radius 2 is 0.674 bits per heavy atom. The summed E-state index contributed by atoms with van der Waals surface area (Å²) in [5.74, 6) is 8.73. The molecule has 0 aliphatic rings. The van der Waals surface area contributed by atoms with Gasteiger partial charge in [0.2, 0.25) is 0 Å². The zero-order valence-corrected chi connectivity index (χ0v) is 31.1. The van der Waals surface area contributed by atoms with Crippen molar-refractivity contribution in [1.29, 1.82) is 0 Å². The Morgan fingerprint density at radius 1 is 0.442 bits per heavy atom. The van der Waals surface area contributed by atoms with E-state index in [2.05, 4.69) is 67.2 Å². The van der Waals surface area contributed by atoms with Gasteiger partial charge in [0.05, 0.1) is 0 Å². The molecule has 0 amide bonds. The van der Waals surface area contributed by atoms with Crippen LogP contribution in [0.15, 0.2) is 97.1 Å². The second-order valence-corrected chi connectivity index (χ2v) is 15.5. The molecule has 43 heavy (non-hydrogen) atoms. The maximum atomic E-state index is 9.93. The van der Waals surface area contributed by atoms with E-state index < -0.39 is 16.5 Å². The average Bonchev–Trinajstić information content (AvgIpc) is 2.98. The van der Waals surface area contributed by atoms with Crippen LogP contribution in [0.25, 0.3) is 0 Å². The van der Waals surface area contributed by atoms with Gasteiger partial charge in [0.1, 0.15) is 11.5 Å². The van der Waals surface area contributed by atoms with Crippen LogP contribution in [0.5, 0.6) is 11.5 Å². The van der Waals surface area contributed by atoms with E-state index in [4.69, 9.17) is 18.8 Å². The van der Waals surface area contributed by atoms with Crippen molar-refractivity contribution in [3.8, 4) is 23.3 Å². The molecule has 0 radical (unpaired) electrons. The molecule has 4 rings (SSSR count). The standard InChI is InChI=1S/C14H10.2C12H18O.2ClH.W/c1-3-7-13(8-4-1)11-12-14-9-5-2-6-10-14;2*1-8(2)10-6-5-7-11(9(3)4)12(10)13;;;/h1-10H;2*5-9,13H,1-4H3;2*1H;/q;;;;;+2/p-2. The summed E-state index contributed by atoms with van der Waals surface area (Å²) in [7, 11) is 9.86. The SMILES string of the molecule is C(#Cc1ccccc1)c1ccccc1.CC(C)c1cccc(C(C)C)c1O.CC(C)c1cccc(C(C)C)c1O.[Cl][W][Cl]. The van der Waals surface area contributed by atoms with E-state index in [9.17, 15) is 10.2 Å². The number of phenols is 2. The van der Waals surface area contributed by atoms with Gasteiger partial charge in [0.25, 0.3) is 0 Å².